The minimum absolute atomic E-state index is 0.113. The third-order valence-corrected chi connectivity index (χ3v) is 4.58. The van der Waals surface area contributed by atoms with Gasteiger partial charge in [-0.05, 0) is 51.8 Å². The van der Waals surface area contributed by atoms with Gasteiger partial charge in [0.05, 0.1) is 0 Å². The van der Waals surface area contributed by atoms with Gasteiger partial charge < -0.3 is 10.2 Å². The van der Waals surface area contributed by atoms with E-state index in [0.717, 1.165) is 38.3 Å². The van der Waals surface area contributed by atoms with Crippen molar-refractivity contribution in [1.82, 2.24) is 15.1 Å². The van der Waals surface area contributed by atoms with Gasteiger partial charge in [0.1, 0.15) is 0 Å². The Bertz CT molecular complexity index is 576. The van der Waals surface area contributed by atoms with Gasteiger partial charge in [0.15, 0.2) is 0 Å². The van der Waals surface area contributed by atoms with Crippen LogP contribution in [0.2, 0.25) is 0 Å². The molecule has 0 saturated carbocycles. The number of rotatable bonds is 5. The second-order valence-corrected chi connectivity index (χ2v) is 8.13. The van der Waals surface area contributed by atoms with Crippen LogP contribution in [-0.4, -0.2) is 53.5 Å². The van der Waals surface area contributed by atoms with Crippen LogP contribution in [0.1, 0.15) is 45.7 Å². The first kappa shape index (κ1) is 19.7. The maximum absolute atomic E-state index is 12.3. The SMILES string of the molecule is CC(C)N1CCN(C(=O)/C=C/c2ccc(CNC(C)(C)C)cc2)CC1. The molecule has 1 aromatic carbocycles. The Balaban J connectivity index is 1.84. The molecule has 25 heavy (non-hydrogen) atoms. The van der Waals surface area contributed by atoms with E-state index in [1.165, 1.54) is 5.56 Å². The standard InChI is InChI=1S/C21H33N3O/c1-17(2)23-12-14-24(15-13-23)20(25)11-10-18-6-8-19(9-7-18)16-22-21(3,4)5/h6-11,17,22H,12-16H2,1-5H3/b11-10+. The van der Waals surface area contributed by atoms with E-state index in [4.69, 9.17) is 0 Å². The molecule has 1 saturated heterocycles. The third-order valence-electron chi connectivity index (χ3n) is 4.58. The molecule has 0 unspecified atom stereocenters. The summed E-state index contributed by atoms with van der Waals surface area (Å²) in [5.41, 5.74) is 2.43. The summed E-state index contributed by atoms with van der Waals surface area (Å²) in [6.07, 6.45) is 3.62. The molecule has 0 aliphatic carbocycles. The minimum atomic E-state index is 0.113. The molecular weight excluding hydrogens is 310 g/mol. The molecule has 1 aliphatic heterocycles. The molecule has 138 valence electrons. The molecule has 4 nitrogen and oxygen atoms in total. The fourth-order valence-corrected chi connectivity index (χ4v) is 2.85. The maximum atomic E-state index is 12.3. The van der Waals surface area contributed by atoms with Crippen molar-refractivity contribution in [2.45, 2.75) is 52.7 Å². The molecule has 1 aliphatic rings. The summed E-state index contributed by atoms with van der Waals surface area (Å²) in [5.74, 6) is 0.113. The lowest BCUT2D eigenvalue weighted by atomic mass is 10.1. The van der Waals surface area contributed by atoms with Crippen molar-refractivity contribution < 1.29 is 4.79 Å². The molecule has 0 bridgehead atoms. The lowest BCUT2D eigenvalue weighted by Gasteiger charge is -2.36. The van der Waals surface area contributed by atoms with Crippen LogP contribution in [0.15, 0.2) is 30.3 Å². The average Bonchev–Trinajstić information content (AvgIpc) is 2.58. The predicted octanol–water partition coefficient (Wildman–Crippen LogP) is 3.14. The average molecular weight is 344 g/mol. The molecule has 1 fully saturated rings. The summed E-state index contributed by atoms with van der Waals surface area (Å²) in [6.45, 7) is 15.3. The van der Waals surface area contributed by atoms with E-state index in [1.54, 1.807) is 6.08 Å². The van der Waals surface area contributed by atoms with Crippen LogP contribution in [0.3, 0.4) is 0 Å². The lowest BCUT2D eigenvalue weighted by Crippen LogP contribution is -2.50. The summed E-state index contributed by atoms with van der Waals surface area (Å²) < 4.78 is 0. The fraction of sp³-hybridized carbons (Fsp3) is 0.571. The van der Waals surface area contributed by atoms with Crippen LogP contribution >= 0.6 is 0 Å². The first-order valence-corrected chi connectivity index (χ1v) is 9.29. The van der Waals surface area contributed by atoms with Crippen molar-refractivity contribution in [3.63, 3.8) is 0 Å². The first-order chi connectivity index (χ1) is 11.7. The van der Waals surface area contributed by atoms with Crippen LogP contribution in [0.5, 0.6) is 0 Å². The highest BCUT2D eigenvalue weighted by molar-refractivity contribution is 5.91. The Morgan fingerprint density at radius 3 is 2.24 bits per heavy atom. The first-order valence-electron chi connectivity index (χ1n) is 9.29. The van der Waals surface area contributed by atoms with Crippen molar-refractivity contribution in [3.05, 3.63) is 41.5 Å². The van der Waals surface area contributed by atoms with Crippen molar-refractivity contribution >= 4 is 12.0 Å². The van der Waals surface area contributed by atoms with Crippen LogP contribution in [0.4, 0.5) is 0 Å². The number of benzene rings is 1. The van der Waals surface area contributed by atoms with Crippen LogP contribution < -0.4 is 5.32 Å². The molecule has 1 aromatic rings. The molecule has 1 amide bonds. The number of nitrogens with zero attached hydrogens (tertiary/aromatic N) is 2. The normalized spacial score (nSPS) is 16.8. The number of amides is 1. The number of piperazine rings is 1. The lowest BCUT2D eigenvalue weighted by molar-refractivity contribution is -0.127. The Kier molecular flexibility index (Phi) is 6.79. The van der Waals surface area contributed by atoms with Crippen molar-refractivity contribution in [2.75, 3.05) is 26.2 Å². The van der Waals surface area contributed by atoms with E-state index in [9.17, 15) is 4.79 Å². The molecule has 0 atom stereocenters. The van der Waals surface area contributed by atoms with Crippen LogP contribution in [0.25, 0.3) is 6.08 Å². The maximum Gasteiger partial charge on any atom is 0.246 e. The second-order valence-electron chi connectivity index (χ2n) is 8.13. The minimum Gasteiger partial charge on any atom is -0.337 e. The van der Waals surface area contributed by atoms with Gasteiger partial charge in [-0.1, -0.05) is 24.3 Å². The molecule has 1 heterocycles. The van der Waals surface area contributed by atoms with E-state index >= 15 is 0 Å². The topological polar surface area (TPSA) is 35.6 Å². The van der Waals surface area contributed by atoms with E-state index in [-0.39, 0.29) is 11.4 Å². The van der Waals surface area contributed by atoms with Gasteiger partial charge in [-0.3, -0.25) is 9.69 Å². The van der Waals surface area contributed by atoms with Crippen molar-refractivity contribution in [3.8, 4) is 0 Å². The number of hydrogen-bond donors (Lipinski definition) is 1. The van der Waals surface area contributed by atoms with E-state index in [0.29, 0.717) is 6.04 Å². The Labute approximate surface area is 152 Å². The summed E-state index contributed by atoms with van der Waals surface area (Å²) >= 11 is 0. The van der Waals surface area contributed by atoms with Gasteiger partial charge in [-0.2, -0.15) is 0 Å². The molecular formula is C21H33N3O. The Morgan fingerprint density at radius 2 is 1.72 bits per heavy atom. The second kappa shape index (κ2) is 8.63. The monoisotopic (exact) mass is 343 g/mol. The largest absolute Gasteiger partial charge is 0.337 e. The zero-order chi connectivity index (χ0) is 18.4. The van der Waals surface area contributed by atoms with Gasteiger partial charge in [0.2, 0.25) is 5.91 Å². The number of carbonyl (C=O) groups is 1. The molecule has 4 heteroatoms. The number of hydrogen-bond acceptors (Lipinski definition) is 3. The van der Waals surface area contributed by atoms with Gasteiger partial charge in [-0.25, -0.2) is 0 Å². The van der Waals surface area contributed by atoms with Gasteiger partial charge >= 0.3 is 0 Å². The van der Waals surface area contributed by atoms with E-state index in [1.807, 2.05) is 11.0 Å². The predicted molar refractivity (Wildman–Crippen MR) is 105 cm³/mol. The number of carbonyl (C=O) groups excluding carboxylic acids is 1. The highest BCUT2D eigenvalue weighted by atomic mass is 16.2. The van der Waals surface area contributed by atoms with Crippen LogP contribution in [-0.2, 0) is 11.3 Å². The fourth-order valence-electron chi connectivity index (χ4n) is 2.85. The van der Waals surface area contributed by atoms with Gasteiger partial charge in [0, 0.05) is 50.4 Å². The summed E-state index contributed by atoms with van der Waals surface area (Å²) in [4.78, 5) is 16.7. The molecule has 2 rings (SSSR count). The van der Waals surface area contributed by atoms with Gasteiger partial charge in [0.25, 0.3) is 0 Å². The summed E-state index contributed by atoms with van der Waals surface area (Å²) in [7, 11) is 0. The Hall–Kier alpha value is -1.65. The Morgan fingerprint density at radius 1 is 1.12 bits per heavy atom. The van der Waals surface area contributed by atoms with Crippen molar-refractivity contribution in [1.29, 1.82) is 0 Å². The zero-order valence-corrected chi connectivity index (χ0v) is 16.4. The van der Waals surface area contributed by atoms with E-state index < -0.39 is 0 Å². The molecule has 0 spiro atoms. The molecule has 1 N–H and O–H groups in total. The number of nitrogens with one attached hydrogen (secondary N) is 1. The summed E-state index contributed by atoms with van der Waals surface area (Å²) in [6, 6.07) is 8.92. The van der Waals surface area contributed by atoms with Crippen molar-refractivity contribution in [2.24, 2.45) is 0 Å². The third kappa shape index (κ3) is 6.63. The van der Waals surface area contributed by atoms with E-state index in [2.05, 4.69) is 69.1 Å². The molecule has 0 aromatic heterocycles. The highest BCUT2D eigenvalue weighted by Crippen LogP contribution is 2.10. The highest BCUT2D eigenvalue weighted by Gasteiger charge is 2.20. The van der Waals surface area contributed by atoms with Crippen LogP contribution in [0, 0.1) is 0 Å². The zero-order valence-electron chi connectivity index (χ0n) is 16.4. The quantitative estimate of drug-likeness (QED) is 0.834. The smallest absolute Gasteiger partial charge is 0.246 e. The van der Waals surface area contributed by atoms with Gasteiger partial charge in [-0.15, -0.1) is 0 Å². The summed E-state index contributed by atoms with van der Waals surface area (Å²) in [5, 5.41) is 3.48. The molecule has 0 radical (unpaired) electrons.